The van der Waals surface area contributed by atoms with Gasteiger partial charge in [0.25, 0.3) is 0 Å². The van der Waals surface area contributed by atoms with Gasteiger partial charge in [-0.3, -0.25) is 0 Å². The van der Waals surface area contributed by atoms with Crippen molar-refractivity contribution in [2.24, 2.45) is 0 Å². The van der Waals surface area contributed by atoms with Gasteiger partial charge in [-0.2, -0.15) is 8.78 Å². The molecule has 4 aromatic rings. The number of hydrogen-bond acceptors (Lipinski definition) is 5. The summed E-state index contributed by atoms with van der Waals surface area (Å²) >= 11 is 5.89. The number of fused-ring (bicyclic) bond motifs is 1. The number of ether oxygens (including phenoxy) is 2. The molecule has 0 spiro atoms. The van der Waals surface area contributed by atoms with Gasteiger partial charge in [0.15, 0.2) is 12.4 Å². The van der Waals surface area contributed by atoms with Crippen LogP contribution in [0.1, 0.15) is 5.56 Å². The van der Waals surface area contributed by atoms with Gasteiger partial charge in [0.2, 0.25) is 29.1 Å². The Morgan fingerprint density at radius 2 is 1.51 bits per heavy atom. The maximum Gasteiger partial charge on any atom is 0.349 e. The molecule has 0 aliphatic heterocycles. The zero-order chi connectivity index (χ0) is 25.4. The minimum atomic E-state index is -2.36. The van der Waals surface area contributed by atoms with Crippen LogP contribution in [0.25, 0.3) is 22.1 Å². The van der Waals surface area contributed by atoms with Crippen LogP contribution >= 0.6 is 11.6 Å². The summed E-state index contributed by atoms with van der Waals surface area (Å²) in [7, 11) is 0. The topological polar surface area (TPSA) is 65.7 Å². The highest BCUT2D eigenvalue weighted by atomic mass is 35.5. The average Bonchev–Trinajstić information content (AvgIpc) is 2.82. The van der Waals surface area contributed by atoms with Crippen LogP contribution in [0, 0.1) is 36.0 Å². The molecule has 0 aliphatic carbocycles. The van der Waals surface area contributed by atoms with Crippen molar-refractivity contribution < 1.29 is 40.6 Å². The number of hydrogen-bond donors (Lipinski definition) is 0. The van der Waals surface area contributed by atoms with E-state index in [4.69, 9.17) is 20.8 Å². The smallest absolute Gasteiger partial charge is 0.349 e. The fourth-order valence-corrected chi connectivity index (χ4v) is 3.48. The van der Waals surface area contributed by atoms with E-state index in [0.717, 1.165) is 0 Å². The van der Waals surface area contributed by atoms with E-state index in [9.17, 15) is 31.5 Å². The van der Waals surface area contributed by atoms with Gasteiger partial charge in [-0.15, -0.1) is 0 Å². The molecule has 35 heavy (non-hydrogen) atoms. The first-order valence-electron chi connectivity index (χ1n) is 9.76. The Morgan fingerprint density at radius 3 is 2.14 bits per heavy atom. The van der Waals surface area contributed by atoms with E-state index < -0.39 is 53.0 Å². The molecule has 0 aliphatic rings. The maximum atomic E-state index is 13.7. The quantitative estimate of drug-likeness (QED) is 0.0810. The molecule has 180 valence electrons. The summed E-state index contributed by atoms with van der Waals surface area (Å²) in [5.74, 6) is -14.2. The van der Waals surface area contributed by atoms with Crippen molar-refractivity contribution in [2.75, 3.05) is 6.61 Å². The Morgan fingerprint density at radius 1 is 0.914 bits per heavy atom. The van der Waals surface area contributed by atoms with E-state index in [0.29, 0.717) is 27.1 Å². The lowest BCUT2D eigenvalue weighted by atomic mass is 10.00. The van der Waals surface area contributed by atoms with Crippen molar-refractivity contribution in [1.82, 2.24) is 0 Å². The minimum absolute atomic E-state index is 0.0798. The molecular formula is C24H12ClF5O5. The number of benzene rings is 3. The zero-order valence-corrected chi connectivity index (χ0v) is 18.3. The van der Waals surface area contributed by atoms with Gasteiger partial charge in [-0.25, -0.2) is 22.8 Å². The van der Waals surface area contributed by atoms with Gasteiger partial charge in [-0.05, 0) is 42.3 Å². The number of carbonyl (C=O) groups is 1. The average molecular weight is 511 g/mol. The van der Waals surface area contributed by atoms with E-state index in [1.54, 1.807) is 31.2 Å². The largest absolute Gasteiger partial charge is 0.476 e. The summed E-state index contributed by atoms with van der Waals surface area (Å²) < 4.78 is 81.7. The van der Waals surface area contributed by atoms with E-state index in [2.05, 4.69) is 4.74 Å². The number of esters is 1. The van der Waals surface area contributed by atoms with Gasteiger partial charge in [0, 0.05) is 16.5 Å². The Hall–Kier alpha value is -3.92. The molecule has 5 nitrogen and oxygen atoms in total. The second kappa shape index (κ2) is 9.38. The first-order valence-corrected chi connectivity index (χ1v) is 10.1. The summed E-state index contributed by atoms with van der Waals surface area (Å²) in [5, 5.41) is 1.03. The number of halogens is 6. The number of aryl methyl sites for hydroxylation is 1. The summed E-state index contributed by atoms with van der Waals surface area (Å²) in [6, 6.07) is 10.7. The number of rotatable bonds is 5. The lowest BCUT2D eigenvalue weighted by Crippen LogP contribution is -2.19. The fraction of sp³-hybridized carbons (Fsp3) is 0.0833. The van der Waals surface area contributed by atoms with Crippen LogP contribution in [-0.4, -0.2) is 12.6 Å². The summed E-state index contributed by atoms with van der Waals surface area (Å²) in [5.41, 5.74) is 0.913. The lowest BCUT2D eigenvalue weighted by molar-refractivity contribution is -0.136. The molecular weight excluding hydrogens is 499 g/mol. The molecule has 0 fully saturated rings. The summed E-state index contributed by atoms with van der Waals surface area (Å²) in [4.78, 5) is 24.6. The first kappa shape index (κ1) is 24.2. The van der Waals surface area contributed by atoms with E-state index in [1.165, 1.54) is 18.2 Å². The standard InChI is InChI=1S/C24H12ClF5O5/c1-10-14-7-6-13(8-15(14)35-24(32)17(10)11-2-4-12(25)5-3-11)34-16(31)9-33-23-21(29)19(27)18(26)20(28)22(23)30/h2-8H,9H2,1H3. The van der Waals surface area contributed by atoms with E-state index >= 15 is 0 Å². The molecule has 0 saturated heterocycles. The molecule has 4 rings (SSSR count). The number of carbonyl (C=O) groups excluding carboxylic acids is 1. The molecule has 0 N–H and O–H groups in total. The third-order valence-electron chi connectivity index (χ3n) is 5.01. The van der Waals surface area contributed by atoms with Crippen LogP contribution < -0.4 is 15.1 Å². The maximum absolute atomic E-state index is 13.7. The van der Waals surface area contributed by atoms with Gasteiger partial charge < -0.3 is 13.9 Å². The SMILES string of the molecule is Cc1c(-c2ccc(Cl)cc2)c(=O)oc2cc(OC(=O)COc3c(F)c(F)c(F)c(F)c3F)ccc12. The van der Waals surface area contributed by atoms with Gasteiger partial charge >= 0.3 is 11.6 Å². The Kier molecular flexibility index (Phi) is 6.49. The predicted octanol–water partition coefficient (Wildman–Crippen LogP) is 6.10. The van der Waals surface area contributed by atoms with Crippen LogP contribution in [0.4, 0.5) is 22.0 Å². The zero-order valence-electron chi connectivity index (χ0n) is 17.6. The molecule has 0 saturated carbocycles. The fourth-order valence-electron chi connectivity index (χ4n) is 3.35. The third-order valence-corrected chi connectivity index (χ3v) is 5.26. The second-order valence-corrected chi connectivity index (χ2v) is 7.65. The van der Waals surface area contributed by atoms with Crippen LogP contribution in [0.15, 0.2) is 51.7 Å². The first-order chi connectivity index (χ1) is 16.6. The molecule has 0 unspecified atom stereocenters. The minimum Gasteiger partial charge on any atom is -0.476 e. The second-order valence-electron chi connectivity index (χ2n) is 7.22. The van der Waals surface area contributed by atoms with Crippen molar-refractivity contribution in [3.63, 3.8) is 0 Å². The Bertz CT molecular complexity index is 1500. The normalized spacial score (nSPS) is 11.1. The molecule has 11 heteroatoms. The van der Waals surface area contributed by atoms with E-state index in [1.807, 2.05) is 0 Å². The molecule has 1 aromatic heterocycles. The van der Waals surface area contributed by atoms with Crippen molar-refractivity contribution in [3.05, 3.63) is 92.6 Å². The predicted molar refractivity (Wildman–Crippen MR) is 115 cm³/mol. The van der Waals surface area contributed by atoms with E-state index in [-0.39, 0.29) is 11.3 Å². The molecule has 0 radical (unpaired) electrons. The third kappa shape index (κ3) is 4.57. The van der Waals surface area contributed by atoms with Crippen LogP contribution in [0.3, 0.4) is 0 Å². The monoisotopic (exact) mass is 510 g/mol. The highest BCUT2D eigenvalue weighted by molar-refractivity contribution is 6.30. The Labute approximate surface area is 198 Å². The lowest BCUT2D eigenvalue weighted by Gasteiger charge is -2.11. The van der Waals surface area contributed by atoms with Gasteiger partial charge in [-0.1, -0.05) is 23.7 Å². The van der Waals surface area contributed by atoms with Crippen molar-refractivity contribution in [2.45, 2.75) is 6.92 Å². The van der Waals surface area contributed by atoms with Crippen molar-refractivity contribution in [3.8, 4) is 22.6 Å². The van der Waals surface area contributed by atoms with Gasteiger partial charge in [0.05, 0.1) is 5.56 Å². The Balaban J connectivity index is 1.56. The van der Waals surface area contributed by atoms with Crippen LogP contribution in [-0.2, 0) is 4.79 Å². The molecule has 1 heterocycles. The highest BCUT2D eigenvalue weighted by Gasteiger charge is 2.27. The summed E-state index contributed by atoms with van der Waals surface area (Å²) in [6.45, 7) is 0.529. The van der Waals surface area contributed by atoms with Crippen LogP contribution in [0.2, 0.25) is 5.02 Å². The highest BCUT2D eigenvalue weighted by Crippen LogP contribution is 2.31. The molecule has 3 aromatic carbocycles. The van der Waals surface area contributed by atoms with Crippen molar-refractivity contribution >= 4 is 28.5 Å². The molecule has 0 amide bonds. The molecule has 0 bridgehead atoms. The summed E-state index contributed by atoms with van der Waals surface area (Å²) in [6.07, 6.45) is 0. The molecule has 0 atom stereocenters. The van der Waals surface area contributed by atoms with Crippen molar-refractivity contribution in [1.29, 1.82) is 0 Å². The van der Waals surface area contributed by atoms with Crippen LogP contribution in [0.5, 0.6) is 11.5 Å². The van der Waals surface area contributed by atoms with Gasteiger partial charge in [0.1, 0.15) is 11.3 Å².